The van der Waals surface area contributed by atoms with Crippen molar-refractivity contribution >= 4 is 0 Å². The summed E-state index contributed by atoms with van der Waals surface area (Å²) in [4.78, 5) is 9.07. The molecule has 2 rings (SSSR count). The fourth-order valence-corrected chi connectivity index (χ4v) is 3.08. The molecule has 1 atom stereocenters. The van der Waals surface area contributed by atoms with E-state index in [-0.39, 0.29) is 0 Å². The number of rotatable bonds is 13. The maximum absolute atomic E-state index is 5.85. The lowest BCUT2D eigenvalue weighted by Crippen LogP contribution is -1.99. The molecule has 0 radical (unpaired) electrons. The highest BCUT2D eigenvalue weighted by Gasteiger charge is 2.03. The SMILES string of the molecule is CCCCCCc1cnc(-c2ccc(OCCCC[C@@H](C)CC)cc2)nc1. The van der Waals surface area contributed by atoms with Crippen molar-refractivity contribution in [3.8, 4) is 17.1 Å². The molecule has 27 heavy (non-hydrogen) atoms. The summed E-state index contributed by atoms with van der Waals surface area (Å²) in [6, 6.07) is 8.13. The van der Waals surface area contributed by atoms with Crippen molar-refractivity contribution in [3.05, 3.63) is 42.2 Å². The Labute approximate surface area is 165 Å². The summed E-state index contributed by atoms with van der Waals surface area (Å²) in [5, 5.41) is 0. The number of hydrogen-bond acceptors (Lipinski definition) is 3. The largest absolute Gasteiger partial charge is 0.494 e. The number of unbranched alkanes of at least 4 members (excludes halogenated alkanes) is 4. The minimum atomic E-state index is 0.785. The quantitative estimate of drug-likeness (QED) is 0.362. The maximum Gasteiger partial charge on any atom is 0.159 e. The third kappa shape index (κ3) is 8.11. The zero-order chi connectivity index (χ0) is 19.3. The first-order valence-corrected chi connectivity index (χ1v) is 10.8. The second-order valence-corrected chi connectivity index (χ2v) is 7.61. The number of aromatic nitrogens is 2. The molecule has 1 aromatic heterocycles. The van der Waals surface area contributed by atoms with Gasteiger partial charge in [-0.05, 0) is 61.4 Å². The third-order valence-electron chi connectivity index (χ3n) is 5.19. The van der Waals surface area contributed by atoms with Gasteiger partial charge in [0.05, 0.1) is 6.61 Å². The van der Waals surface area contributed by atoms with Crippen LogP contribution in [0.1, 0.15) is 77.7 Å². The van der Waals surface area contributed by atoms with E-state index >= 15 is 0 Å². The van der Waals surface area contributed by atoms with Gasteiger partial charge in [-0.25, -0.2) is 9.97 Å². The van der Waals surface area contributed by atoms with Crippen LogP contribution < -0.4 is 4.74 Å². The van der Waals surface area contributed by atoms with Gasteiger partial charge in [-0.15, -0.1) is 0 Å². The summed E-state index contributed by atoms with van der Waals surface area (Å²) in [6.45, 7) is 7.61. The molecule has 2 aromatic rings. The van der Waals surface area contributed by atoms with Gasteiger partial charge in [-0.2, -0.15) is 0 Å². The van der Waals surface area contributed by atoms with Crippen LogP contribution in [0, 0.1) is 5.92 Å². The molecule has 0 N–H and O–H groups in total. The molecule has 3 nitrogen and oxygen atoms in total. The third-order valence-corrected chi connectivity index (χ3v) is 5.19. The predicted octanol–water partition coefficient (Wildman–Crippen LogP) is 6.86. The van der Waals surface area contributed by atoms with E-state index in [0.29, 0.717) is 0 Å². The molecule has 0 amide bonds. The van der Waals surface area contributed by atoms with E-state index in [1.807, 2.05) is 36.7 Å². The van der Waals surface area contributed by atoms with E-state index in [1.165, 1.54) is 50.5 Å². The molecular weight excluding hydrogens is 332 g/mol. The Hall–Kier alpha value is -1.90. The minimum Gasteiger partial charge on any atom is -0.494 e. The topological polar surface area (TPSA) is 35.0 Å². The van der Waals surface area contributed by atoms with E-state index in [0.717, 1.165) is 42.5 Å². The highest BCUT2D eigenvalue weighted by molar-refractivity contribution is 5.55. The molecule has 0 aliphatic carbocycles. The second kappa shape index (κ2) is 12.5. The van der Waals surface area contributed by atoms with Crippen LogP contribution in [0.5, 0.6) is 5.75 Å². The van der Waals surface area contributed by atoms with Crippen molar-refractivity contribution < 1.29 is 4.74 Å². The fraction of sp³-hybridized carbons (Fsp3) is 0.583. The van der Waals surface area contributed by atoms with E-state index in [2.05, 4.69) is 30.7 Å². The van der Waals surface area contributed by atoms with Gasteiger partial charge in [0, 0.05) is 18.0 Å². The summed E-state index contributed by atoms with van der Waals surface area (Å²) < 4.78 is 5.85. The Morgan fingerprint density at radius 3 is 2.30 bits per heavy atom. The average Bonchev–Trinajstić information content (AvgIpc) is 2.72. The van der Waals surface area contributed by atoms with Crippen molar-refractivity contribution in [3.63, 3.8) is 0 Å². The van der Waals surface area contributed by atoms with E-state index in [1.54, 1.807) is 0 Å². The molecular formula is C24H36N2O. The van der Waals surface area contributed by atoms with Crippen LogP contribution in [0.4, 0.5) is 0 Å². The molecule has 148 valence electrons. The van der Waals surface area contributed by atoms with Crippen molar-refractivity contribution in [2.45, 2.75) is 78.6 Å². The maximum atomic E-state index is 5.85. The number of hydrogen-bond donors (Lipinski definition) is 0. The lowest BCUT2D eigenvalue weighted by Gasteiger charge is -2.09. The lowest BCUT2D eigenvalue weighted by atomic mass is 10.0. The Balaban J connectivity index is 1.75. The first-order chi connectivity index (χ1) is 13.2. The van der Waals surface area contributed by atoms with Gasteiger partial charge in [0.2, 0.25) is 0 Å². The summed E-state index contributed by atoms with van der Waals surface area (Å²) in [5.74, 6) is 2.54. The average molecular weight is 369 g/mol. The van der Waals surface area contributed by atoms with Crippen LogP contribution in [0.3, 0.4) is 0 Å². The highest BCUT2D eigenvalue weighted by atomic mass is 16.5. The molecule has 1 heterocycles. The van der Waals surface area contributed by atoms with Gasteiger partial charge < -0.3 is 4.74 Å². The lowest BCUT2D eigenvalue weighted by molar-refractivity contribution is 0.300. The molecule has 3 heteroatoms. The number of aryl methyl sites for hydroxylation is 1. The monoisotopic (exact) mass is 368 g/mol. The first kappa shape index (κ1) is 21.4. The van der Waals surface area contributed by atoms with Crippen molar-refractivity contribution in [1.29, 1.82) is 0 Å². The molecule has 0 fully saturated rings. The van der Waals surface area contributed by atoms with Crippen molar-refractivity contribution in [2.75, 3.05) is 6.61 Å². The van der Waals surface area contributed by atoms with E-state index in [4.69, 9.17) is 4.74 Å². The molecule has 1 aromatic carbocycles. The minimum absolute atomic E-state index is 0.785. The molecule has 0 saturated carbocycles. The van der Waals surface area contributed by atoms with Gasteiger partial charge in [0.15, 0.2) is 5.82 Å². The van der Waals surface area contributed by atoms with Crippen LogP contribution in [-0.2, 0) is 6.42 Å². The molecule has 0 aliphatic rings. The Morgan fingerprint density at radius 1 is 0.889 bits per heavy atom. The molecule has 0 spiro atoms. The van der Waals surface area contributed by atoms with Gasteiger partial charge in [-0.3, -0.25) is 0 Å². The van der Waals surface area contributed by atoms with Crippen molar-refractivity contribution in [1.82, 2.24) is 9.97 Å². The molecule has 0 aliphatic heterocycles. The standard InChI is InChI=1S/C24H36N2O/c1-4-6-7-8-12-21-18-25-24(26-19-21)22-13-15-23(16-14-22)27-17-10-9-11-20(3)5-2/h13-16,18-20H,4-12,17H2,1-3H3/t20-/m0/s1. The van der Waals surface area contributed by atoms with Crippen molar-refractivity contribution in [2.24, 2.45) is 5.92 Å². The predicted molar refractivity (Wildman–Crippen MR) is 114 cm³/mol. The summed E-state index contributed by atoms with van der Waals surface area (Å²) in [7, 11) is 0. The Kier molecular flexibility index (Phi) is 9.89. The molecule has 0 bridgehead atoms. The summed E-state index contributed by atoms with van der Waals surface area (Å²) >= 11 is 0. The van der Waals surface area contributed by atoms with Crippen LogP contribution in [0.15, 0.2) is 36.7 Å². The van der Waals surface area contributed by atoms with E-state index < -0.39 is 0 Å². The van der Waals surface area contributed by atoms with E-state index in [9.17, 15) is 0 Å². The van der Waals surface area contributed by atoms with Gasteiger partial charge in [-0.1, -0.05) is 52.9 Å². The number of benzene rings is 1. The normalized spacial score (nSPS) is 12.1. The zero-order valence-corrected chi connectivity index (χ0v) is 17.4. The van der Waals surface area contributed by atoms with Gasteiger partial charge in [0.1, 0.15) is 5.75 Å². The molecule has 0 unspecified atom stereocenters. The first-order valence-electron chi connectivity index (χ1n) is 10.8. The second-order valence-electron chi connectivity index (χ2n) is 7.61. The highest BCUT2D eigenvalue weighted by Crippen LogP contribution is 2.20. The number of nitrogens with zero attached hydrogens (tertiary/aromatic N) is 2. The molecule has 0 saturated heterocycles. The van der Waals surface area contributed by atoms with Gasteiger partial charge >= 0.3 is 0 Å². The smallest absolute Gasteiger partial charge is 0.159 e. The number of ether oxygens (including phenoxy) is 1. The van der Waals surface area contributed by atoms with Gasteiger partial charge in [0.25, 0.3) is 0 Å². The van der Waals surface area contributed by atoms with Crippen LogP contribution >= 0.6 is 0 Å². The van der Waals surface area contributed by atoms with Crippen LogP contribution in [0.25, 0.3) is 11.4 Å². The zero-order valence-electron chi connectivity index (χ0n) is 17.4. The summed E-state index contributed by atoms with van der Waals surface area (Å²) in [6.07, 6.45) is 15.0. The fourth-order valence-electron chi connectivity index (χ4n) is 3.08. The van der Waals surface area contributed by atoms with Crippen LogP contribution in [-0.4, -0.2) is 16.6 Å². The Morgan fingerprint density at radius 2 is 1.63 bits per heavy atom. The summed E-state index contributed by atoms with van der Waals surface area (Å²) in [5.41, 5.74) is 2.27. The van der Waals surface area contributed by atoms with Crippen LogP contribution in [0.2, 0.25) is 0 Å². The Bertz CT molecular complexity index is 622.